The van der Waals surface area contributed by atoms with Gasteiger partial charge in [-0.05, 0) is 30.9 Å². The summed E-state index contributed by atoms with van der Waals surface area (Å²) < 4.78 is 0. The number of thioether (sulfide) groups is 1. The Morgan fingerprint density at radius 3 is 2.35 bits per heavy atom. The van der Waals surface area contributed by atoms with E-state index < -0.39 is 0 Å². The number of aliphatic hydroxyl groups excluding tert-OH is 1. The number of unbranched alkanes of at least 4 members (excludes halogenated alkanes) is 5. The van der Waals surface area contributed by atoms with Gasteiger partial charge in [-0.3, -0.25) is 4.90 Å². The summed E-state index contributed by atoms with van der Waals surface area (Å²) in [6.45, 7) is 3.45. The first kappa shape index (κ1) is 18.6. The zero-order valence-corrected chi connectivity index (χ0v) is 15.0. The molecule has 1 aromatic carbocycles. The Morgan fingerprint density at radius 1 is 0.957 bits per heavy atom. The average molecular weight is 338 g/mol. The maximum atomic E-state index is 10.3. The van der Waals surface area contributed by atoms with E-state index in [1.54, 1.807) is 0 Å². The standard InChI is InChI=1S/C19H31NO2S/c21-12-6-4-2-1-3-5-7-17-8-9-18(19(22)15-17)16-20-10-13-23-14-11-20/h8-9,15,21-22H,1-7,10-14,16H2. The summed E-state index contributed by atoms with van der Waals surface area (Å²) in [4.78, 5) is 2.43. The summed E-state index contributed by atoms with van der Waals surface area (Å²) in [6.07, 6.45) is 8.01. The molecule has 130 valence electrons. The van der Waals surface area contributed by atoms with E-state index in [-0.39, 0.29) is 0 Å². The fourth-order valence-corrected chi connectivity index (χ4v) is 4.03. The Hall–Kier alpha value is -0.710. The summed E-state index contributed by atoms with van der Waals surface area (Å²) in [5, 5.41) is 19.0. The van der Waals surface area contributed by atoms with Crippen molar-refractivity contribution in [1.29, 1.82) is 0 Å². The molecule has 2 N–H and O–H groups in total. The number of aryl methyl sites for hydroxylation is 1. The molecule has 0 atom stereocenters. The van der Waals surface area contributed by atoms with Gasteiger partial charge in [0.05, 0.1) is 0 Å². The molecule has 2 rings (SSSR count). The van der Waals surface area contributed by atoms with Crippen molar-refractivity contribution in [3.8, 4) is 5.75 Å². The number of nitrogens with zero attached hydrogens (tertiary/aromatic N) is 1. The normalized spacial score (nSPS) is 15.9. The molecule has 0 amide bonds. The highest BCUT2D eigenvalue weighted by molar-refractivity contribution is 7.99. The smallest absolute Gasteiger partial charge is 0.120 e. The van der Waals surface area contributed by atoms with Gasteiger partial charge in [0.1, 0.15) is 5.75 Å². The molecule has 1 aromatic rings. The minimum atomic E-state index is 0.321. The van der Waals surface area contributed by atoms with Crippen molar-refractivity contribution in [1.82, 2.24) is 4.90 Å². The first-order valence-corrected chi connectivity index (χ1v) is 10.2. The number of rotatable bonds is 10. The number of hydrogen-bond donors (Lipinski definition) is 2. The lowest BCUT2D eigenvalue weighted by Crippen LogP contribution is -2.31. The maximum Gasteiger partial charge on any atom is 0.120 e. The van der Waals surface area contributed by atoms with Crippen LogP contribution in [-0.2, 0) is 13.0 Å². The van der Waals surface area contributed by atoms with Gasteiger partial charge in [-0.2, -0.15) is 11.8 Å². The molecule has 0 aliphatic carbocycles. The van der Waals surface area contributed by atoms with Gasteiger partial charge in [0.25, 0.3) is 0 Å². The minimum Gasteiger partial charge on any atom is -0.508 e. The van der Waals surface area contributed by atoms with Crippen molar-refractivity contribution in [3.63, 3.8) is 0 Å². The first-order valence-electron chi connectivity index (χ1n) is 9.01. The van der Waals surface area contributed by atoms with E-state index in [4.69, 9.17) is 5.11 Å². The molecule has 0 aromatic heterocycles. The van der Waals surface area contributed by atoms with Gasteiger partial charge >= 0.3 is 0 Å². The predicted molar refractivity (Wildman–Crippen MR) is 99.2 cm³/mol. The second-order valence-corrected chi connectivity index (χ2v) is 7.67. The van der Waals surface area contributed by atoms with Crippen LogP contribution >= 0.6 is 11.8 Å². The summed E-state index contributed by atoms with van der Waals surface area (Å²) in [5.41, 5.74) is 2.31. The molecule has 0 bridgehead atoms. The number of phenolic OH excluding ortho intramolecular Hbond substituents is 1. The molecular weight excluding hydrogens is 306 g/mol. The number of benzene rings is 1. The SMILES string of the molecule is OCCCCCCCCc1ccc(CN2CCSCC2)c(O)c1. The minimum absolute atomic E-state index is 0.321. The average Bonchev–Trinajstić information content (AvgIpc) is 2.57. The third kappa shape index (κ3) is 7.15. The van der Waals surface area contributed by atoms with Crippen LogP contribution in [0.1, 0.15) is 49.7 Å². The van der Waals surface area contributed by atoms with Crippen LogP contribution in [0.25, 0.3) is 0 Å². The Balaban J connectivity index is 1.69. The van der Waals surface area contributed by atoms with Crippen LogP contribution in [0, 0.1) is 0 Å². The number of phenols is 1. The lowest BCUT2D eigenvalue weighted by atomic mass is 10.0. The lowest BCUT2D eigenvalue weighted by Gasteiger charge is -2.26. The van der Waals surface area contributed by atoms with Crippen LogP contribution in [0.2, 0.25) is 0 Å². The zero-order chi connectivity index (χ0) is 16.3. The van der Waals surface area contributed by atoms with E-state index in [1.807, 2.05) is 17.8 Å². The highest BCUT2D eigenvalue weighted by Crippen LogP contribution is 2.23. The topological polar surface area (TPSA) is 43.7 Å². The van der Waals surface area contributed by atoms with E-state index in [1.165, 1.54) is 42.8 Å². The van der Waals surface area contributed by atoms with Crippen LogP contribution in [-0.4, -0.2) is 46.3 Å². The van der Waals surface area contributed by atoms with E-state index in [0.29, 0.717) is 12.4 Å². The third-order valence-electron chi connectivity index (χ3n) is 4.52. The summed E-state index contributed by atoms with van der Waals surface area (Å²) in [6, 6.07) is 6.24. The van der Waals surface area contributed by atoms with Gasteiger partial charge in [-0.1, -0.05) is 37.8 Å². The van der Waals surface area contributed by atoms with Crippen LogP contribution in [0.5, 0.6) is 5.75 Å². The van der Waals surface area contributed by atoms with Gasteiger partial charge < -0.3 is 10.2 Å². The van der Waals surface area contributed by atoms with Crippen molar-refractivity contribution in [2.45, 2.75) is 51.5 Å². The van der Waals surface area contributed by atoms with Gasteiger partial charge in [0.15, 0.2) is 0 Å². The zero-order valence-electron chi connectivity index (χ0n) is 14.2. The lowest BCUT2D eigenvalue weighted by molar-refractivity contribution is 0.282. The Morgan fingerprint density at radius 2 is 1.65 bits per heavy atom. The summed E-state index contributed by atoms with van der Waals surface area (Å²) in [7, 11) is 0. The molecule has 3 nitrogen and oxygen atoms in total. The van der Waals surface area contributed by atoms with Gasteiger partial charge in [0.2, 0.25) is 0 Å². The molecule has 1 heterocycles. The Bertz CT molecular complexity index is 447. The molecule has 4 heteroatoms. The number of aromatic hydroxyl groups is 1. The fourth-order valence-electron chi connectivity index (χ4n) is 3.05. The summed E-state index contributed by atoms with van der Waals surface area (Å²) >= 11 is 2.02. The molecule has 0 radical (unpaired) electrons. The van der Waals surface area contributed by atoms with E-state index in [2.05, 4.69) is 17.0 Å². The van der Waals surface area contributed by atoms with Crippen LogP contribution in [0.4, 0.5) is 0 Å². The third-order valence-corrected chi connectivity index (χ3v) is 5.46. The van der Waals surface area contributed by atoms with Gasteiger partial charge in [-0.25, -0.2) is 0 Å². The highest BCUT2D eigenvalue weighted by atomic mass is 32.2. The molecular formula is C19H31NO2S. The van der Waals surface area contributed by atoms with Crippen LogP contribution in [0.15, 0.2) is 18.2 Å². The monoisotopic (exact) mass is 337 g/mol. The largest absolute Gasteiger partial charge is 0.508 e. The fraction of sp³-hybridized carbons (Fsp3) is 0.684. The van der Waals surface area contributed by atoms with Crippen molar-refractivity contribution in [2.24, 2.45) is 0 Å². The van der Waals surface area contributed by atoms with E-state index in [9.17, 15) is 5.11 Å². The molecule has 0 unspecified atom stereocenters. The van der Waals surface area contributed by atoms with Crippen molar-refractivity contribution in [3.05, 3.63) is 29.3 Å². The summed E-state index contributed by atoms with van der Waals surface area (Å²) in [5.74, 6) is 2.87. The second-order valence-electron chi connectivity index (χ2n) is 6.45. The molecule has 1 aliphatic heterocycles. The molecule has 0 saturated carbocycles. The molecule has 23 heavy (non-hydrogen) atoms. The van der Waals surface area contributed by atoms with E-state index in [0.717, 1.165) is 44.5 Å². The highest BCUT2D eigenvalue weighted by Gasteiger charge is 2.12. The Labute approximate surface area is 145 Å². The predicted octanol–water partition coefficient (Wildman–Crippen LogP) is 3.82. The van der Waals surface area contributed by atoms with Crippen molar-refractivity contribution < 1.29 is 10.2 Å². The molecule has 1 aliphatic rings. The first-order chi connectivity index (χ1) is 11.3. The van der Waals surface area contributed by atoms with Crippen LogP contribution in [0.3, 0.4) is 0 Å². The second kappa shape index (κ2) is 11.0. The molecule has 1 fully saturated rings. The number of aliphatic hydroxyl groups is 1. The van der Waals surface area contributed by atoms with Gasteiger partial charge in [0, 0.05) is 43.3 Å². The van der Waals surface area contributed by atoms with Crippen molar-refractivity contribution >= 4 is 11.8 Å². The quantitative estimate of drug-likeness (QED) is 0.637. The van der Waals surface area contributed by atoms with Crippen molar-refractivity contribution in [2.75, 3.05) is 31.2 Å². The maximum absolute atomic E-state index is 10.3. The Kier molecular flexibility index (Phi) is 8.87. The van der Waals surface area contributed by atoms with Crippen LogP contribution < -0.4 is 0 Å². The van der Waals surface area contributed by atoms with Gasteiger partial charge in [-0.15, -0.1) is 0 Å². The molecule has 0 spiro atoms. The van der Waals surface area contributed by atoms with E-state index >= 15 is 0 Å². The number of hydrogen-bond acceptors (Lipinski definition) is 4. The molecule has 1 saturated heterocycles.